The Bertz CT molecular complexity index is 352. The number of para-hydroxylation sites is 1. The van der Waals surface area contributed by atoms with E-state index in [2.05, 4.69) is 19.9 Å². The van der Waals surface area contributed by atoms with Crippen molar-refractivity contribution in [3.63, 3.8) is 0 Å². The molecule has 1 aromatic carbocycles. The van der Waals surface area contributed by atoms with E-state index in [-0.39, 0.29) is 5.92 Å². The van der Waals surface area contributed by atoms with Gasteiger partial charge in [-0.3, -0.25) is 0 Å². The highest BCUT2D eigenvalue weighted by molar-refractivity contribution is 5.39. The van der Waals surface area contributed by atoms with E-state index in [0.717, 1.165) is 11.3 Å². The van der Waals surface area contributed by atoms with Crippen molar-refractivity contribution < 1.29 is 4.74 Å². The van der Waals surface area contributed by atoms with Crippen LogP contribution in [-0.4, -0.2) is 6.61 Å². The highest BCUT2D eigenvalue weighted by Gasteiger charge is 2.18. The van der Waals surface area contributed by atoms with Gasteiger partial charge in [0.15, 0.2) is 0 Å². The Labute approximate surface area is 91.5 Å². The molecule has 0 spiro atoms. The van der Waals surface area contributed by atoms with Gasteiger partial charge in [0, 0.05) is 5.56 Å². The summed E-state index contributed by atoms with van der Waals surface area (Å²) in [5.41, 5.74) is 0.997. The third-order valence-electron chi connectivity index (χ3n) is 2.36. The maximum atomic E-state index is 9.14. The summed E-state index contributed by atoms with van der Waals surface area (Å²) in [6.45, 7) is 6.69. The molecule has 80 valence electrons. The lowest BCUT2D eigenvalue weighted by Crippen LogP contribution is -2.06. The Morgan fingerprint density at radius 1 is 1.33 bits per heavy atom. The molecule has 0 amide bonds. The van der Waals surface area contributed by atoms with Crippen molar-refractivity contribution in [2.75, 3.05) is 6.61 Å². The summed E-state index contributed by atoms with van der Waals surface area (Å²) >= 11 is 0. The molecule has 1 aromatic rings. The molecule has 15 heavy (non-hydrogen) atoms. The number of nitriles is 1. The van der Waals surface area contributed by atoms with E-state index in [1.807, 2.05) is 31.2 Å². The Kier molecular flexibility index (Phi) is 4.17. The third kappa shape index (κ3) is 2.73. The molecule has 1 unspecified atom stereocenters. The van der Waals surface area contributed by atoms with Crippen LogP contribution in [-0.2, 0) is 0 Å². The topological polar surface area (TPSA) is 33.0 Å². The van der Waals surface area contributed by atoms with Gasteiger partial charge in [0.05, 0.1) is 18.6 Å². The van der Waals surface area contributed by atoms with Crippen molar-refractivity contribution in [1.82, 2.24) is 0 Å². The van der Waals surface area contributed by atoms with E-state index in [1.54, 1.807) is 0 Å². The van der Waals surface area contributed by atoms with E-state index < -0.39 is 0 Å². The van der Waals surface area contributed by atoms with Crippen LogP contribution in [0.15, 0.2) is 24.3 Å². The molecule has 0 aliphatic rings. The normalized spacial score (nSPS) is 12.2. The molecule has 0 fully saturated rings. The van der Waals surface area contributed by atoms with E-state index in [4.69, 9.17) is 10.00 Å². The molecule has 0 bridgehead atoms. The number of nitrogens with zero attached hydrogens (tertiary/aromatic N) is 1. The van der Waals surface area contributed by atoms with Gasteiger partial charge in [-0.1, -0.05) is 32.0 Å². The summed E-state index contributed by atoms with van der Waals surface area (Å²) < 4.78 is 5.52. The molecule has 1 atom stereocenters. The fourth-order valence-electron chi connectivity index (χ4n) is 1.60. The lowest BCUT2D eigenvalue weighted by Gasteiger charge is -2.17. The summed E-state index contributed by atoms with van der Waals surface area (Å²) in [5, 5.41) is 9.14. The van der Waals surface area contributed by atoms with Crippen molar-refractivity contribution >= 4 is 0 Å². The van der Waals surface area contributed by atoms with Gasteiger partial charge >= 0.3 is 0 Å². The second kappa shape index (κ2) is 5.41. The predicted molar refractivity (Wildman–Crippen MR) is 60.8 cm³/mol. The first-order valence-electron chi connectivity index (χ1n) is 5.32. The largest absolute Gasteiger partial charge is 0.494 e. The van der Waals surface area contributed by atoms with Crippen LogP contribution in [0.1, 0.15) is 32.3 Å². The van der Waals surface area contributed by atoms with Crippen molar-refractivity contribution in [3.05, 3.63) is 29.8 Å². The number of hydrogen-bond acceptors (Lipinski definition) is 2. The average molecular weight is 203 g/mol. The molecule has 0 radical (unpaired) electrons. The molecule has 0 saturated carbocycles. The second-order valence-electron chi connectivity index (χ2n) is 3.82. The van der Waals surface area contributed by atoms with Gasteiger partial charge in [-0.25, -0.2) is 0 Å². The zero-order valence-electron chi connectivity index (χ0n) is 9.53. The first-order valence-corrected chi connectivity index (χ1v) is 5.32. The molecule has 2 nitrogen and oxygen atoms in total. The van der Waals surface area contributed by atoms with E-state index in [9.17, 15) is 0 Å². The summed E-state index contributed by atoms with van der Waals surface area (Å²) in [7, 11) is 0. The quantitative estimate of drug-likeness (QED) is 0.751. The molecule has 0 saturated heterocycles. The highest BCUT2D eigenvalue weighted by Crippen LogP contribution is 2.31. The van der Waals surface area contributed by atoms with Crippen LogP contribution in [0.25, 0.3) is 0 Å². The second-order valence-corrected chi connectivity index (χ2v) is 3.82. The van der Waals surface area contributed by atoms with Crippen LogP contribution >= 0.6 is 0 Å². The van der Waals surface area contributed by atoms with Gasteiger partial charge in [0.2, 0.25) is 0 Å². The molecule has 0 heterocycles. The first kappa shape index (κ1) is 11.6. The molecule has 2 heteroatoms. The first-order chi connectivity index (χ1) is 7.20. The third-order valence-corrected chi connectivity index (χ3v) is 2.36. The number of benzene rings is 1. The highest BCUT2D eigenvalue weighted by atomic mass is 16.5. The van der Waals surface area contributed by atoms with Gasteiger partial charge < -0.3 is 4.74 Å². The Hall–Kier alpha value is -1.49. The summed E-state index contributed by atoms with van der Waals surface area (Å²) in [6, 6.07) is 10.1. The minimum absolute atomic E-state index is 0.0900. The molecular formula is C13H17NO. The van der Waals surface area contributed by atoms with Crippen molar-refractivity contribution in [3.8, 4) is 11.8 Å². The molecule has 0 aromatic heterocycles. The van der Waals surface area contributed by atoms with E-state index in [0.29, 0.717) is 12.5 Å². The van der Waals surface area contributed by atoms with Crippen LogP contribution in [0.3, 0.4) is 0 Å². The van der Waals surface area contributed by atoms with Crippen LogP contribution < -0.4 is 4.74 Å². The number of hydrogen-bond donors (Lipinski definition) is 0. The fraction of sp³-hybridized carbons (Fsp3) is 0.462. The average Bonchev–Trinajstić information content (AvgIpc) is 2.21. The lowest BCUT2D eigenvalue weighted by molar-refractivity contribution is 0.333. The van der Waals surface area contributed by atoms with Gasteiger partial charge in [-0.05, 0) is 18.9 Å². The van der Waals surface area contributed by atoms with E-state index >= 15 is 0 Å². The Morgan fingerprint density at radius 3 is 2.53 bits per heavy atom. The van der Waals surface area contributed by atoms with Crippen molar-refractivity contribution in [1.29, 1.82) is 5.26 Å². The summed E-state index contributed by atoms with van der Waals surface area (Å²) in [6.07, 6.45) is 0. The number of ether oxygens (including phenoxy) is 1. The van der Waals surface area contributed by atoms with Gasteiger partial charge in [-0.2, -0.15) is 5.26 Å². The smallest absolute Gasteiger partial charge is 0.123 e. The van der Waals surface area contributed by atoms with Crippen molar-refractivity contribution in [2.45, 2.75) is 26.7 Å². The zero-order chi connectivity index (χ0) is 11.3. The fourth-order valence-corrected chi connectivity index (χ4v) is 1.60. The van der Waals surface area contributed by atoms with Gasteiger partial charge in [0.25, 0.3) is 0 Å². The molecule has 0 aliphatic carbocycles. The summed E-state index contributed by atoms with van der Waals surface area (Å²) in [5.74, 6) is 1.05. The minimum atomic E-state index is -0.0900. The molecule has 1 rings (SSSR count). The minimum Gasteiger partial charge on any atom is -0.494 e. The van der Waals surface area contributed by atoms with Crippen LogP contribution in [0.4, 0.5) is 0 Å². The van der Waals surface area contributed by atoms with E-state index in [1.165, 1.54) is 0 Å². The van der Waals surface area contributed by atoms with Crippen LogP contribution in [0.5, 0.6) is 5.75 Å². The maximum absolute atomic E-state index is 9.14. The lowest BCUT2D eigenvalue weighted by atomic mass is 9.89. The monoisotopic (exact) mass is 203 g/mol. The predicted octanol–water partition coefficient (Wildman–Crippen LogP) is 3.35. The Morgan fingerprint density at radius 2 is 2.00 bits per heavy atom. The molecule has 0 aliphatic heterocycles. The van der Waals surface area contributed by atoms with Gasteiger partial charge in [0.1, 0.15) is 5.75 Å². The zero-order valence-corrected chi connectivity index (χ0v) is 9.53. The Balaban J connectivity index is 3.06. The van der Waals surface area contributed by atoms with Crippen molar-refractivity contribution in [2.24, 2.45) is 5.92 Å². The van der Waals surface area contributed by atoms with Crippen LogP contribution in [0.2, 0.25) is 0 Å². The molecule has 0 N–H and O–H groups in total. The maximum Gasteiger partial charge on any atom is 0.123 e. The SMILES string of the molecule is CCOc1ccccc1C(C#N)C(C)C. The van der Waals surface area contributed by atoms with Gasteiger partial charge in [-0.15, -0.1) is 0 Å². The summed E-state index contributed by atoms with van der Waals surface area (Å²) in [4.78, 5) is 0. The number of rotatable bonds is 4. The molecular weight excluding hydrogens is 186 g/mol. The standard InChI is InChI=1S/C13H17NO/c1-4-15-13-8-6-5-7-11(13)12(9-14)10(2)3/h5-8,10,12H,4H2,1-3H3. The van der Waals surface area contributed by atoms with Crippen LogP contribution in [0, 0.1) is 17.2 Å².